The Morgan fingerprint density at radius 2 is 1.96 bits per heavy atom. The zero-order chi connectivity index (χ0) is 18.3. The molecule has 2 aromatic rings. The first kappa shape index (κ1) is 16.8. The first-order valence-corrected chi connectivity index (χ1v) is 8.81. The number of nitrogens with one attached hydrogen (secondary N) is 1. The molecule has 0 aromatic carbocycles. The number of hydrogen-bond acceptors (Lipinski definition) is 7. The molecule has 26 heavy (non-hydrogen) atoms. The van der Waals surface area contributed by atoms with Crippen molar-refractivity contribution in [1.82, 2.24) is 19.9 Å². The Bertz CT molecular complexity index is 836. The highest BCUT2D eigenvalue weighted by Gasteiger charge is 2.28. The number of fused-ring (bicyclic) bond motifs is 1. The van der Waals surface area contributed by atoms with Crippen LogP contribution < -0.4 is 11.1 Å². The second-order valence-electron chi connectivity index (χ2n) is 7.81. The molecule has 0 saturated carbocycles. The van der Waals surface area contributed by atoms with E-state index in [1.165, 1.54) is 5.56 Å². The fraction of sp³-hybridized carbons (Fsp3) is 0.421. The van der Waals surface area contributed by atoms with E-state index in [9.17, 15) is 0 Å². The molecule has 0 atom stereocenters. The van der Waals surface area contributed by atoms with Crippen LogP contribution in [-0.2, 0) is 11.3 Å². The van der Waals surface area contributed by atoms with Gasteiger partial charge in [-0.15, -0.1) is 0 Å². The van der Waals surface area contributed by atoms with Crippen LogP contribution in [0.5, 0.6) is 0 Å². The molecule has 0 bridgehead atoms. The fourth-order valence-electron chi connectivity index (χ4n) is 3.06. The van der Waals surface area contributed by atoms with E-state index in [1.807, 2.05) is 0 Å². The summed E-state index contributed by atoms with van der Waals surface area (Å²) in [5, 5.41) is 3.56. The zero-order valence-electron chi connectivity index (χ0n) is 15.4. The summed E-state index contributed by atoms with van der Waals surface area (Å²) in [6.45, 7) is 8.80. The Kier molecular flexibility index (Phi) is 4.03. The van der Waals surface area contributed by atoms with Crippen molar-refractivity contribution in [1.29, 1.82) is 0 Å². The molecule has 0 aliphatic carbocycles. The molecule has 3 N–H and O–H groups in total. The number of nitrogens with two attached hydrogens (primary N) is 1. The smallest absolute Gasteiger partial charge is 0.219 e. The third-order valence-electron chi connectivity index (χ3n) is 4.50. The summed E-state index contributed by atoms with van der Waals surface area (Å²) in [4.78, 5) is 15.4. The predicted molar refractivity (Wildman–Crippen MR) is 102 cm³/mol. The normalized spacial score (nSPS) is 17.0. The van der Waals surface area contributed by atoms with E-state index < -0.39 is 0 Å². The zero-order valence-corrected chi connectivity index (χ0v) is 15.4. The van der Waals surface area contributed by atoms with Crippen molar-refractivity contribution < 1.29 is 4.74 Å². The average molecular weight is 352 g/mol. The van der Waals surface area contributed by atoms with Crippen LogP contribution >= 0.6 is 0 Å². The van der Waals surface area contributed by atoms with Crippen LogP contribution in [0, 0.1) is 0 Å². The molecule has 0 amide bonds. The van der Waals surface area contributed by atoms with Crippen molar-refractivity contribution in [2.45, 2.75) is 38.9 Å². The van der Waals surface area contributed by atoms with E-state index in [4.69, 9.17) is 15.5 Å². The number of aromatic nitrogens is 3. The lowest BCUT2D eigenvalue weighted by molar-refractivity contribution is -0.0511. The molecule has 1 saturated heterocycles. The maximum absolute atomic E-state index is 5.61. The first-order chi connectivity index (χ1) is 12.4. The molecule has 1 fully saturated rings. The molecule has 136 valence electrons. The Labute approximate surface area is 153 Å². The molecule has 0 unspecified atom stereocenters. The summed E-state index contributed by atoms with van der Waals surface area (Å²) in [6, 6.07) is 2.54. The van der Waals surface area contributed by atoms with Gasteiger partial charge in [0.1, 0.15) is 5.82 Å². The molecule has 4 heterocycles. The third kappa shape index (κ3) is 3.35. The second-order valence-corrected chi connectivity index (χ2v) is 7.81. The third-order valence-corrected chi connectivity index (χ3v) is 4.50. The van der Waals surface area contributed by atoms with Gasteiger partial charge in [-0.25, -0.2) is 15.0 Å². The van der Waals surface area contributed by atoms with E-state index in [0.29, 0.717) is 6.04 Å². The van der Waals surface area contributed by atoms with Crippen LogP contribution in [0.2, 0.25) is 0 Å². The highest BCUT2D eigenvalue weighted by molar-refractivity contribution is 5.71. The molecule has 4 rings (SSSR count). The first-order valence-electron chi connectivity index (χ1n) is 8.81. The number of pyridine rings is 1. The molecule has 0 spiro atoms. The van der Waals surface area contributed by atoms with Gasteiger partial charge in [0.05, 0.1) is 24.9 Å². The van der Waals surface area contributed by atoms with Gasteiger partial charge in [0.2, 0.25) is 5.95 Å². The van der Waals surface area contributed by atoms with Gasteiger partial charge in [0, 0.05) is 41.8 Å². The summed E-state index contributed by atoms with van der Waals surface area (Å²) in [5.41, 5.74) is 9.56. The number of rotatable bonds is 3. The Morgan fingerprint density at radius 3 is 2.58 bits per heavy atom. The minimum Gasteiger partial charge on any atom is -0.377 e. The minimum atomic E-state index is -0.0947. The highest BCUT2D eigenvalue weighted by Crippen LogP contribution is 2.32. The number of hydrogen-bond donors (Lipinski definition) is 2. The number of ether oxygens (including phenoxy) is 1. The Balaban J connectivity index is 1.75. The van der Waals surface area contributed by atoms with Crippen LogP contribution in [0.3, 0.4) is 0 Å². The number of nitrogens with zero attached hydrogens (tertiary/aromatic N) is 4. The van der Waals surface area contributed by atoms with Crippen molar-refractivity contribution in [3.05, 3.63) is 35.8 Å². The van der Waals surface area contributed by atoms with Gasteiger partial charge >= 0.3 is 0 Å². The highest BCUT2D eigenvalue weighted by atomic mass is 16.5. The lowest BCUT2D eigenvalue weighted by atomic mass is 9.99. The topological polar surface area (TPSA) is 89.2 Å². The van der Waals surface area contributed by atoms with Crippen LogP contribution in [0.4, 0.5) is 11.8 Å². The summed E-state index contributed by atoms with van der Waals surface area (Å²) < 4.78 is 5.34. The summed E-state index contributed by atoms with van der Waals surface area (Å²) >= 11 is 0. The molecule has 7 nitrogen and oxygen atoms in total. The van der Waals surface area contributed by atoms with Crippen molar-refractivity contribution in [2.24, 2.45) is 0 Å². The van der Waals surface area contributed by atoms with Gasteiger partial charge in [0.25, 0.3) is 0 Å². The van der Waals surface area contributed by atoms with Gasteiger partial charge in [0.15, 0.2) is 0 Å². The minimum absolute atomic E-state index is 0.0947. The van der Waals surface area contributed by atoms with Crippen molar-refractivity contribution >= 4 is 17.8 Å². The van der Waals surface area contributed by atoms with Gasteiger partial charge in [-0.1, -0.05) is 0 Å². The van der Waals surface area contributed by atoms with E-state index in [-0.39, 0.29) is 11.5 Å². The lowest BCUT2D eigenvalue weighted by Gasteiger charge is -2.39. The van der Waals surface area contributed by atoms with Crippen LogP contribution in [0.1, 0.15) is 31.9 Å². The van der Waals surface area contributed by atoms with Crippen LogP contribution in [0.15, 0.2) is 24.7 Å². The maximum Gasteiger partial charge on any atom is 0.219 e. The largest absolute Gasteiger partial charge is 0.377 e. The molecule has 0 radical (unpaired) electrons. The molecule has 7 heteroatoms. The molecule has 2 aliphatic heterocycles. The van der Waals surface area contributed by atoms with E-state index in [1.54, 1.807) is 12.4 Å². The Morgan fingerprint density at radius 1 is 1.23 bits per heavy atom. The SMILES string of the molecule is CC(C)(C)Nc1nc(-c2cnc(N)nc2)cc2c1CN(C1COC1)C=C2. The quantitative estimate of drug-likeness (QED) is 0.877. The van der Waals surface area contributed by atoms with E-state index in [0.717, 1.165) is 42.4 Å². The summed E-state index contributed by atoms with van der Waals surface area (Å²) in [7, 11) is 0. The van der Waals surface area contributed by atoms with Gasteiger partial charge in [-0.05, 0) is 38.5 Å². The molecular weight excluding hydrogens is 328 g/mol. The van der Waals surface area contributed by atoms with Gasteiger partial charge in [-0.2, -0.15) is 0 Å². The lowest BCUT2D eigenvalue weighted by Crippen LogP contribution is -2.46. The Hall–Kier alpha value is -2.67. The van der Waals surface area contributed by atoms with Crippen molar-refractivity contribution in [3.8, 4) is 11.3 Å². The summed E-state index contributed by atoms with van der Waals surface area (Å²) in [6.07, 6.45) is 7.72. The van der Waals surface area contributed by atoms with Crippen LogP contribution in [-0.4, -0.2) is 44.6 Å². The monoisotopic (exact) mass is 352 g/mol. The van der Waals surface area contributed by atoms with Gasteiger partial charge in [-0.3, -0.25) is 0 Å². The van der Waals surface area contributed by atoms with E-state index in [2.05, 4.69) is 59.3 Å². The number of nitrogen functional groups attached to an aromatic ring is 1. The fourth-order valence-corrected chi connectivity index (χ4v) is 3.06. The molecular formula is C19H24N6O. The van der Waals surface area contributed by atoms with Crippen molar-refractivity contribution in [2.75, 3.05) is 24.3 Å². The molecule has 2 aromatic heterocycles. The predicted octanol–water partition coefficient (Wildman–Crippen LogP) is 2.52. The average Bonchev–Trinajstić information content (AvgIpc) is 2.53. The number of anilines is 2. The summed E-state index contributed by atoms with van der Waals surface area (Å²) in [5.74, 6) is 1.16. The van der Waals surface area contributed by atoms with Crippen molar-refractivity contribution in [3.63, 3.8) is 0 Å². The maximum atomic E-state index is 5.61. The van der Waals surface area contributed by atoms with E-state index >= 15 is 0 Å². The standard InChI is InChI=1S/C19H24N6O/c1-19(2,3)24-17-15-9-25(14-10-26-11-14)5-4-12(15)6-16(23-17)13-7-21-18(20)22-8-13/h4-8,14H,9-11H2,1-3H3,(H,23,24)(H2,20,21,22). The second kappa shape index (κ2) is 6.25. The van der Waals surface area contributed by atoms with Crippen LogP contribution in [0.25, 0.3) is 17.3 Å². The molecule has 2 aliphatic rings. The van der Waals surface area contributed by atoms with Gasteiger partial charge < -0.3 is 20.7 Å².